The highest BCUT2D eigenvalue weighted by atomic mass is 79.9. The molecule has 0 atom stereocenters. The van der Waals surface area contributed by atoms with Gasteiger partial charge < -0.3 is 5.32 Å². The third kappa shape index (κ3) is 3.69. The Hall–Kier alpha value is -0.580. The van der Waals surface area contributed by atoms with Crippen LogP contribution < -0.4 is 5.32 Å². The quantitative estimate of drug-likeness (QED) is 0.826. The molecule has 0 saturated heterocycles. The second-order valence-corrected chi connectivity index (χ2v) is 5.63. The first-order chi connectivity index (χ1) is 8.15. The third-order valence-electron chi connectivity index (χ3n) is 2.18. The number of hydrogen-bond acceptors (Lipinski definition) is 2. The maximum absolute atomic E-state index is 5.92. The van der Waals surface area contributed by atoms with E-state index in [-0.39, 0.29) is 0 Å². The van der Waals surface area contributed by atoms with E-state index in [1.165, 1.54) is 0 Å². The Kier molecular flexibility index (Phi) is 4.42. The van der Waals surface area contributed by atoms with E-state index in [1.54, 1.807) is 6.20 Å². The molecule has 2 aromatic rings. The van der Waals surface area contributed by atoms with E-state index in [2.05, 4.69) is 42.2 Å². The number of anilines is 1. The van der Waals surface area contributed by atoms with Gasteiger partial charge in [-0.05, 0) is 62.2 Å². The number of nitrogens with zero attached hydrogens (tertiary/aromatic N) is 1. The number of nitrogens with one attached hydrogen (secondary N) is 1. The first-order valence-electron chi connectivity index (χ1n) is 4.94. The van der Waals surface area contributed by atoms with E-state index >= 15 is 0 Å². The third-order valence-corrected chi connectivity index (χ3v) is 3.86. The van der Waals surface area contributed by atoms with E-state index < -0.39 is 0 Å². The lowest BCUT2D eigenvalue weighted by atomic mass is 10.3. The molecule has 2 nitrogen and oxygen atoms in total. The van der Waals surface area contributed by atoms with Gasteiger partial charge in [0.1, 0.15) is 0 Å². The van der Waals surface area contributed by atoms with Crippen molar-refractivity contribution < 1.29 is 0 Å². The number of aromatic nitrogens is 1. The standard InChI is InChI=1S/C12H9Br2ClN2/c13-8-1-2-10(16-6-8)7-17-9-3-4-12(15)11(14)5-9/h1-6,17H,7H2. The Morgan fingerprint density at radius 2 is 2.00 bits per heavy atom. The average Bonchev–Trinajstić information content (AvgIpc) is 2.33. The molecule has 0 spiro atoms. The van der Waals surface area contributed by atoms with Crippen LogP contribution in [-0.4, -0.2) is 4.98 Å². The second kappa shape index (κ2) is 5.85. The zero-order chi connectivity index (χ0) is 12.3. The van der Waals surface area contributed by atoms with E-state index in [9.17, 15) is 0 Å². The molecule has 0 aliphatic rings. The molecule has 5 heteroatoms. The van der Waals surface area contributed by atoms with Gasteiger partial charge in [-0.25, -0.2) is 0 Å². The largest absolute Gasteiger partial charge is 0.379 e. The van der Waals surface area contributed by atoms with E-state index in [1.807, 2.05) is 30.3 Å². The van der Waals surface area contributed by atoms with Crippen molar-refractivity contribution in [3.8, 4) is 0 Å². The van der Waals surface area contributed by atoms with Crippen LogP contribution in [0.3, 0.4) is 0 Å². The number of benzene rings is 1. The monoisotopic (exact) mass is 374 g/mol. The van der Waals surface area contributed by atoms with Gasteiger partial charge in [0.05, 0.1) is 17.3 Å². The van der Waals surface area contributed by atoms with Crippen molar-refractivity contribution in [2.45, 2.75) is 6.54 Å². The SMILES string of the molecule is Clc1ccc(NCc2ccc(Br)cn2)cc1Br. The fourth-order valence-corrected chi connectivity index (χ4v) is 2.04. The molecule has 17 heavy (non-hydrogen) atoms. The molecule has 0 saturated carbocycles. The molecule has 0 amide bonds. The Morgan fingerprint density at radius 3 is 2.65 bits per heavy atom. The summed E-state index contributed by atoms with van der Waals surface area (Å²) in [4.78, 5) is 4.29. The smallest absolute Gasteiger partial charge is 0.0595 e. The fraction of sp³-hybridized carbons (Fsp3) is 0.0833. The van der Waals surface area contributed by atoms with Gasteiger partial charge in [0.2, 0.25) is 0 Å². The van der Waals surface area contributed by atoms with Gasteiger partial charge in [0.15, 0.2) is 0 Å². The van der Waals surface area contributed by atoms with Crippen LogP contribution in [0.4, 0.5) is 5.69 Å². The molecular formula is C12H9Br2ClN2. The lowest BCUT2D eigenvalue weighted by Crippen LogP contribution is -2.01. The van der Waals surface area contributed by atoms with Crippen LogP contribution in [0, 0.1) is 0 Å². The minimum Gasteiger partial charge on any atom is -0.379 e. The molecule has 0 bridgehead atoms. The van der Waals surface area contributed by atoms with E-state index in [4.69, 9.17) is 11.6 Å². The average molecular weight is 376 g/mol. The second-order valence-electron chi connectivity index (χ2n) is 3.45. The summed E-state index contributed by atoms with van der Waals surface area (Å²) >= 11 is 12.7. The predicted molar refractivity (Wildman–Crippen MR) is 78.4 cm³/mol. The molecule has 0 unspecified atom stereocenters. The minimum absolute atomic E-state index is 0.682. The van der Waals surface area contributed by atoms with Crippen molar-refractivity contribution >= 4 is 49.1 Å². The highest BCUT2D eigenvalue weighted by Crippen LogP contribution is 2.25. The van der Waals surface area contributed by atoms with Gasteiger partial charge in [-0.3, -0.25) is 4.98 Å². The van der Waals surface area contributed by atoms with Crippen molar-refractivity contribution in [3.05, 3.63) is 56.2 Å². The van der Waals surface area contributed by atoms with E-state index in [0.29, 0.717) is 11.6 Å². The molecule has 1 heterocycles. The Morgan fingerprint density at radius 1 is 1.18 bits per heavy atom. The van der Waals surface area contributed by atoms with Gasteiger partial charge in [-0.15, -0.1) is 0 Å². The first kappa shape index (κ1) is 12.9. The maximum atomic E-state index is 5.92. The Balaban J connectivity index is 2.02. The van der Waals surface area contributed by atoms with Crippen LogP contribution >= 0.6 is 43.5 Å². The summed E-state index contributed by atoms with van der Waals surface area (Å²) in [5, 5.41) is 3.99. The van der Waals surface area contributed by atoms with Crippen molar-refractivity contribution in [1.82, 2.24) is 4.98 Å². The van der Waals surface area contributed by atoms with Crippen LogP contribution in [0.1, 0.15) is 5.69 Å². The van der Waals surface area contributed by atoms with Crippen molar-refractivity contribution in [1.29, 1.82) is 0 Å². The number of halogens is 3. The van der Waals surface area contributed by atoms with Gasteiger partial charge >= 0.3 is 0 Å². The highest BCUT2D eigenvalue weighted by molar-refractivity contribution is 9.10. The maximum Gasteiger partial charge on any atom is 0.0595 e. The minimum atomic E-state index is 0.682. The molecule has 1 N–H and O–H groups in total. The highest BCUT2D eigenvalue weighted by Gasteiger charge is 1.99. The fourth-order valence-electron chi connectivity index (χ4n) is 1.31. The van der Waals surface area contributed by atoms with Gasteiger partial charge in [-0.1, -0.05) is 11.6 Å². The normalized spacial score (nSPS) is 10.3. The van der Waals surface area contributed by atoms with Gasteiger partial charge in [0, 0.05) is 20.8 Å². The van der Waals surface area contributed by atoms with E-state index in [0.717, 1.165) is 20.3 Å². The number of hydrogen-bond donors (Lipinski definition) is 1. The molecule has 0 aliphatic carbocycles. The molecular weight excluding hydrogens is 367 g/mol. The molecule has 0 fully saturated rings. The topological polar surface area (TPSA) is 24.9 Å². The van der Waals surface area contributed by atoms with Crippen molar-refractivity contribution in [3.63, 3.8) is 0 Å². The Labute approximate surface area is 122 Å². The summed E-state index contributed by atoms with van der Waals surface area (Å²) in [5.41, 5.74) is 1.99. The lowest BCUT2D eigenvalue weighted by molar-refractivity contribution is 1.04. The van der Waals surface area contributed by atoms with Crippen LogP contribution in [-0.2, 0) is 6.54 Å². The zero-order valence-electron chi connectivity index (χ0n) is 8.75. The van der Waals surface area contributed by atoms with Crippen LogP contribution in [0.5, 0.6) is 0 Å². The number of rotatable bonds is 3. The summed E-state index contributed by atoms with van der Waals surface area (Å²) in [6.45, 7) is 0.682. The molecule has 0 aliphatic heterocycles. The van der Waals surface area contributed by atoms with Gasteiger partial charge in [0.25, 0.3) is 0 Å². The van der Waals surface area contributed by atoms with Crippen molar-refractivity contribution in [2.24, 2.45) is 0 Å². The van der Waals surface area contributed by atoms with Crippen LogP contribution in [0.2, 0.25) is 5.02 Å². The van der Waals surface area contributed by atoms with Crippen LogP contribution in [0.15, 0.2) is 45.5 Å². The molecule has 1 aromatic heterocycles. The van der Waals surface area contributed by atoms with Crippen LogP contribution in [0.25, 0.3) is 0 Å². The summed E-state index contributed by atoms with van der Waals surface area (Å²) in [6, 6.07) is 9.68. The van der Waals surface area contributed by atoms with Gasteiger partial charge in [-0.2, -0.15) is 0 Å². The summed E-state index contributed by atoms with van der Waals surface area (Å²) < 4.78 is 1.86. The molecule has 0 radical (unpaired) electrons. The summed E-state index contributed by atoms with van der Waals surface area (Å²) in [7, 11) is 0. The van der Waals surface area contributed by atoms with Crippen molar-refractivity contribution in [2.75, 3.05) is 5.32 Å². The first-order valence-corrected chi connectivity index (χ1v) is 6.91. The summed E-state index contributed by atoms with van der Waals surface area (Å²) in [5.74, 6) is 0. The predicted octanol–water partition coefficient (Wildman–Crippen LogP) is 4.87. The number of pyridine rings is 1. The zero-order valence-corrected chi connectivity index (χ0v) is 12.7. The Bertz CT molecular complexity index is 514. The summed E-state index contributed by atoms with van der Waals surface area (Å²) in [6.07, 6.45) is 1.79. The molecule has 2 rings (SSSR count). The lowest BCUT2D eigenvalue weighted by Gasteiger charge is -2.07. The molecule has 1 aromatic carbocycles. The molecule has 88 valence electrons.